The Kier molecular flexibility index (Phi) is 12.9. The van der Waals surface area contributed by atoms with E-state index in [0.29, 0.717) is 83.9 Å². The summed E-state index contributed by atoms with van der Waals surface area (Å²) < 4.78 is 29.4. The van der Waals surface area contributed by atoms with E-state index in [1.165, 1.54) is 29.8 Å². The number of rotatable bonds is 16. The fourth-order valence-corrected chi connectivity index (χ4v) is 10.2. The van der Waals surface area contributed by atoms with Gasteiger partial charge in [0.15, 0.2) is 5.13 Å². The van der Waals surface area contributed by atoms with Gasteiger partial charge in [0.25, 0.3) is 0 Å². The van der Waals surface area contributed by atoms with Crippen LogP contribution in [0.25, 0.3) is 22.3 Å². The summed E-state index contributed by atoms with van der Waals surface area (Å²) in [6.07, 6.45) is 2.27. The predicted octanol–water partition coefficient (Wildman–Crippen LogP) is 5.47. The second kappa shape index (κ2) is 18.2. The summed E-state index contributed by atoms with van der Waals surface area (Å²) in [6, 6.07) is 3.25. The van der Waals surface area contributed by atoms with Gasteiger partial charge < -0.3 is 49.9 Å². The van der Waals surface area contributed by atoms with Crippen molar-refractivity contribution in [3.8, 4) is 22.9 Å². The highest BCUT2D eigenvalue weighted by atomic mass is 35.5. The molecule has 62 heavy (non-hydrogen) atoms. The molecule has 0 radical (unpaired) electrons. The van der Waals surface area contributed by atoms with Gasteiger partial charge in [-0.15, -0.1) is 11.3 Å². The number of benzene rings is 1. The average molecular weight is 894 g/mol. The van der Waals surface area contributed by atoms with Gasteiger partial charge in [-0.05, 0) is 81.9 Å². The van der Waals surface area contributed by atoms with Gasteiger partial charge in [0.05, 0.1) is 44.1 Å². The number of methoxy groups -OCH3 is 1. The molecule has 3 aromatic rings. The monoisotopic (exact) mass is 893 g/mol. The molecule has 3 saturated carbocycles. The number of nitrogens with one attached hydrogen (secondary N) is 4. The van der Waals surface area contributed by atoms with Crippen LogP contribution in [0.5, 0.6) is 11.5 Å². The van der Waals surface area contributed by atoms with Crippen LogP contribution in [-0.2, 0) is 28.6 Å². The molecular formula is C44H56ClN7O9S. The number of morpholine rings is 1. The highest BCUT2D eigenvalue weighted by Crippen LogP contribution is 2.52. The summed E-state index contributed by atoms with van der Waals surface area (Å²) in [4.78, 5) is 66.4. The van der Waals surface area contributed by atoms with Gasteiger partial charge in [-0.25, -0.2) is 19.6 Å². The van der Waals surface area contributed by atoms with Crippen molar-refractivity contribution in [3.63, 3.8) is 0 Å². The topological polar surface area (TPSA) is 192 Å². The predicted molar refractivity (Wildman–Crippen MR) is 233 cm³/mol. The Morgan fingerprint density at radius 3 is 2.56 bits per heavy atom. The van der Waals surface area contributed by atoms with Crippen LogP contribution in [-0.4, -0.2) is 121 Å². The van der Waals surface area contributed by atoms with E-state index < -0.39 is 47.6 Å². The van der Waals surface area contributed by atoms with E-state index in [0.717, 1.165) is 24.5 Å². The molecule has 1 unspecified atom stereocenters. The summed E-state index contributed by atoms with van der Waals surface area (Å²) in [5.74, 6) is 0.283. The van der Waals surface area contributed by atoms with Crippen molar-refractivity contribution in [1.29, 1.82) is 0 Å². The van der Waals surface area contributed by atoms with Crippen LogP contribution >= 0.6 is 22.9 Å². The number of aromatic nitrogens is 2. The van der Waals surface area contributed by atoms with E-state index >= 15 is 0 Å². The first-order valence-electron chi connectivity index (χ1n) is 21.6. The highest BCUT2D eigenvalue weighted by molar-refractivity contribution is 7.14. The molecule has 3 amide bonds. The molecule has 2 saturated heterocycles. The summed E-state index contributed by atoms with van der Waals surface area (Å²) in [5, 5.41) is 15.9. The molecule has 2 aliphatic heterocycles. The van der Waals surface area contributed by atoms with E-state index in [2.05, 4.69) is 27.8 Å². The zero-order chi connectivity index (χ0) is 43.9. The lowest BCUT2D eigenvalue weighted by molar-refractivity contribution is -0.148. The Morgan fingerprint density at radius 1 is 1.10 bits per heavy atom. The smallest absolute Gasteiger partial charge is 0.408 e. The lowest BCUT2D eigenvalue weighted by Gasteiger charge is -2.30. The number of alkyl carbamates (subject to hydrolysis) is 1. The van der Waals surface area contributed by atoms with Crippen molar-refractivity contribution in [3.05, 3.63) is 40.8 Å². The fourth-order valence-electron chi connectivity index (χ4n) is 9.11. The lowest BCUT2D eigenvalue weighted by atomic mass is 10.1. The Labute approximate surface area is 370 Å². The van der Waals surface area contributed by atoms with Gasteiger partial charge in [0.1, 0.15) is 58.7 Å². The zero-order valence-electron chi connectivity index (χ0n) is 35.8. The van der Waals surface area contributed by atoms with Crippen molar-refractivity contribution >= 4 is 62.8 Å². The van der Waals surface area contributed by atoms with E-state index in [1.807, 2.05) is 32.2 Å². The number of carbonyl (C=O) groups is 4. The van der Waals surface area contributed by atoms with Crippen LogP contribution in [0.1, 0.15) is 66.2 Å². The van der Waals surface area contributed by atoms with Crippen LogP contribution in [0.4, 0.5) is 9.93 Å². The number of amides is 3. The molecule has 4 heterocycles. The Hall–Kier alpha value is -4.71. The maximum absolute atomic E-state index is 14.6. The molecule has 9 atom stereocenters. The lowest BCUT2D eigenvalue weighted by Crippen LogP contribution is -2.56. The molecule has 18 heteroatoms. The van der Waals surface area contributed by atoms with Gasteiger partial charge in [-0.3, -0.25) is 9.59 Å². The number of halogens is 1. The fraction of sp³-hybridized carbons (Fsp3) is 0.591. The number of nitrogens with zero attached hydrogens (tertiary/aromatic N) is 3. The number of esters is 1. The minimum atomic E-state index is -1.20. The second-order valence-electron chi connectivity index (χ2n) is 17.6. The molecule has 0 spiro atoms. The molecule has 334 valence electrons. The van der Waals surface area contributed by atoms with Crippen LogP contribution in [0.3, 0.4) is 0 Å². The standard InChI is InChI=1S/C44H56ClN7O9S/c1-7-26-17-44(26,41(55)57-6)51-39(53)33-15-29(18-52(33)40(54)37(22(2)3)50-43(56)61-28-13-24-12-25(24)14-28)60-35-16-31(32-21-62-42(49-32)47-23(4)5)48-38-30(35)8-9-34(36(38)45)59-20-27-19-58-11-10-46-27/h8-9,16,21,23-29,33,37,46H,2,7,10-15,17-20H2,1,3-6H3,(H,47,49)(H,50,56)(H,51,53)/t24-,25+,26-,27-,28?,29-,33+,37+,44-/m1/s1. The van der Waals surface area contributed by atoms with Gasteiger partial charge >= 0.3 is 12.1 Å². The zero-order valence-corrected chi connectivity index (χ0v) is 37.4. The number of thiazole rings is 1. The minimum absolute atomic E-state index is 0.00728. The molecule has 16 nitrogen and oxygen atoms in total. The molecule has 5 fully saturated rings. The summed E-state index contributed by atoms with van der Waals surface area (Å²) >= 11 is 8.53. The SMILES string of the molecule is C=C(C)[C@H](NC(=O)OC1C[C@@H]2C[C@@H]2C1)C(=O)N1C[C@H](Oc2cc(-c3csc(NC(C)C)n3)nc3c(Cl)c(OC[C@H]4COCCN4)ccc23)C[C@H]1C(=O)N[C@]1(C(=O)OC)C[C@H]1CC. The first-order chi connectivity index (χ1) is 29.8. The minimum Gasteiger partial charge on any atom is -0.490 e. The van der Waals surface area contributed by atoms with Crippen molar-refractivity contribution in [2.45, 2.75) is 108 Å². The van der Waals surface area contributed by atoms with Crippen LogP contribution in [0, 0.1) is 17.8 Å². The first-order valence-corrected chi connectivity index (χ1v) is 22.8. The highest BCUT2D eigenvalue weighted by Gasteiger charge is 2.62. The summed E-state index contributed by atoms with van der Waals surface area (Å²) in [7, 11) is 1.29. The number of carbonyl (C=O) groups excluding carboxylic acids is 4. The molecule has 1 aromatic carbocycles. The van der Waals surface area contributed by atoms with Crippen molar-refractivity contribution in [2.24, 2.45) is 17.8 Å². The first kappa shape index (κ1) is 43.9. The normalized spacial score (nSPS) is 27.9. The van der Waals surface area contributed by atoms with E-state index in [-0.39, 0.29) is 42.1 Å². The number of likely N-dealkylation sites (tertiary alicyclic amines) is 1. The van der Waals surface area contributed by atoms with Gasteiger partial charge in [0.2, 0.25) is 11.8 Å². The number of ether oxygens (including phenoxy) is 5. The average Bonchev–Trinajstić information content (AvgIpc) is 3.91. The van der Waals surface area contributed by atoms with Gasteiger partial charge in [-0.1, -0.05) is 31.5 Å². The molecule has 4 N–H and O–H groups in total. The third kappa shape index (κ3) is 9.31. The maximum Gasteiger partial charge on any atom is 0.408 e. The Bertz CT molecular complexity index is 2210. The number of pyridine rings is 1. The van der Waals surface area contributed by atoms with Gasteiger partial charge in [0, 0.05) is 35.8 Å². The maximum atomic E-state index is 14.6. The van der Waals surface area contributed by atoms with E-state index in [9.17, 15) is 19.2 Å². The van der Waals surface area contributed by atoms with Crippen LogP contribution < -0.4 is 30.7 Å². The number of hydrogen-bond acceptors (Lipinski definition) is 14. The van der Waals surface area contributed by atoms with Crippen LogP contribution in [0.2, 0.25) is 5.02 Å². The number of hydrogen-bond donors (Lipinski definition) is 4. The molecule has 5 aliphatic rings. The Balaban J connectivity index is 1.09. The summed E-state index contributed by atoms with van der Waals surface area (Å²) in [5.41, 5.74) is 0.667. The van der Waals surface area contributed by atoms with Gasteiger partial charge in [-0.2, -0.15) is 0 Å². The summed E-state index contributed by atoms with van der Waals surface area (Å²) in [6.45, 7) is 13.8. The Morgan fingerprint density at radius 2 is 1.89 bits per heavy atom. The van der Waals surface area contributed by atoms with E-state index in [1.54, 1.807) is 19.1 Å². The largest absolute Gasteiger partial charge is 0.490 e. The molecular weight excluding hydrogens is 838 g/mol. The molecule has 0 bridgehead atoms. The third-order valence-electron chi connectivity index (χ3n) is 12.6. The van der Waals surface area contributed by atoms with Crippen molar-refractivity contribution in [2.75, 3.05) is 45.3 Å². The number of anilines is 1. The quantitative estimate of drug-likeness (QED) is 0.105. The molecule has 3 aliphatic carbocycles. The van der Waals surface area contributed by atoms with Crippen molar-refractivity contribution < 1.29 is 42.9 Å². The molecule has 2 aromatic heterocycles. The second-order valence-corrected chi connectivity index (χ2v) is 18.8. The third-order valence-corrected chi connectivity index (χ3v) is 13.7. The number of fused-ring (bicyclic) bond motifs is 2. The van der Waals surface area contributed by atoms with E-state index in [4.69, 9.17) is 45.3 Å². The van der Waals surface area contributed by atoms with Crippen molar-refractivity contribution in [1.82, 2.24) is 30.8 Å². The van der Waals surface area contributed by atoms with Crippen LogP contribution in [0.15, 0.2) is 35.7 Å². The molecule has 8 rings (SSSR count).